The van der Waals surface area contributed by atoms with Crippen LogP contribution in [-0.4, -0.2) is 21.9 Å². The van der Waals surface area contributed by atoms with E-state index < -0.39 is 0 Å². The van der Waals surface area contributed by atoms with Gasteiger partial charge in [0.05, 0.1) is 15.9 Å². The molecule has 0 spiro atoms. The van der Waals surface area contributed by atoms with Crippen LogP contribution in [0.2, 0.25) is 5.02 Å². The van der Waals surface area contributed by atoms with Crippen LogP contribution in [0.1, 0.15) is 19.4 Å². The number of benzene rings is 1. The maximum Gasteiger partial charge on any atom is 0.166 e. The van der Waals surface area contributed by atoms with E-state index in [1.807, 2.05) is 44.0 Å². The molecule has 0 bridgehead atoms. The summed E-state index contributed by atoms with van der Waals surface area (Å²) in [6, 6.07) is 3.91. The van der Waals surface area contributed by atoms with Crippen molar-refractivity contribution < 1.29 is 0 Å². The van der Waals surface area contributed by atoms with Gasteiger partial charge >= 0.3 is 0 Å². The van der Waals surface area contributed by atoms with Crippen LogP contribution in [0.25, 0.3) is 10.9 Å². The van der Waals surface area contributed by atoms with E-state index in [9.17, 15) is 0 Å². The number of rotatable bonds is 2. The maximum absolute atomic E-state index is 6.22. The first kappa shape index (κ1) is 15.1. The van der Waals surface area contributed by atoms with Crippen molar-refractivity contribution in [3.05, 3.63) is 22.7 Å². The molecular formula is C13H20ClN3S. The monoisotopic (exact) mass is 285 g/mol. The van der Waals surface area contributed by atoms with Crippen LogP contribution < -0.4 is 4.72 Å². The number of nitrogens with zero attached hydrogens (tertiary/aromatic N) is 2. The van der Waals surface area contributed by atoms with Gasteiger partial charge in [0.2, 0.25) is 0 Å². The highest BCUT2D eigenvalue weighted by atomic mass is 35.5. The lowest BCUT2D eigenvalue weighted by Gasteiger charge is -2.03. The first-order chi connectivity index (χ1) is 8.50. The van der Waals surface area contributed by atoms with Crippen molar-refractivity contribution in [1.82, 2.24) is 9.78 Å². The molecule has 0 aliphatic rings. The molecule has 2 rings (SSSR count). The van der Waals surface area contributed by atoms with Crippen molar-refractivity contribution in [1.29, 1.82) is 0 Å². The van der Waals surface area contributed by atoms with Gasteiger partial charge in [0.1, 0.15) is 0 Å². The quantitative estimate of drug-likeness (QED) is 0.837. The predicted molar refractivity (Wildman–Crippen MR) is 86.1 cm³/mol. The number of hydrogen-bond acceptors (Lipinski definition) is 2. The summed E-state index contributed by atoms with van der Waals surface area (Å²) in [6.45, 7) is 6.06. The number of hydrogen-bond donors (Lipinski definition) is 1. The van der Waals surface area contributed by atoms with Gasteiger partial charge in [0.25, 0.3) is 0 Å². The van der Waals surface area contributed by atoms with Crippen molar-refractivity contribution in [3.8, 4) is 0 Å². The molecule has 18 heavy (non-hydrogen) atoms. The molecule has 100 valence electrons. The Morgan fingerprint density at radius 3 is 2.56 bits per heavy atom. The topological polar surface area (TPSA) is 29.9 Å². The minimum Gasteiger partial charge on any atom is -0.319 e. The van der Waals surface area contributed by atoms with Crippen LogP contribution in [0.15, 0.2) is 12.1 Å². The molecule has 1 atom stereocenters. The summed E-state index contributed by atoms with van der Waals surface area (Å²) in [5, 5.41) is 6.14. The zero-order chi connectivity index (χ0) is 13.9. The third-order valence-corrected chi connectivity index (χ3v) is 3.27. The van der Waals surface area contributed by atoms with E-state index >= 15 is 0 Å². The highest BCUT2D eigenvalue weighted by Crippen LogP contribution is 2.33. The summed E-state index contributed by atoms with van der Waals surface area (Å²) in [5.41, 5.74) is 2.24. The average Bonchev–Trinajstić information content (AvgIpc) is 2.64. The summed E-state index contributed by atoms with van der Waals surface area (Å²) >= 11 is 6.22. The largest absolute Gasteiger partial charge is 0.319 e. The predicted octanol–water partition coefficient (Wildman–Crippen LogP) is 4.22. The minimum absolute atomic E-state index is 0.159. The molecule has 0 aliphatic carbocycles. The van der Waals surface area contributed by atoms with Gasteiger partial charge in [-0.15, -0.1) is 10.7 Å². The van der Waals surface area contributed by atoms with Crippen molar-refractivity contribution in [2.75, 3.05) is 11.0 Å². The number of aryl methyl sites for hydroxylation is 2. The lowest BCUT2D eigenvalue weighted by atomic mass is 10.1. The van der Waals surface area contributed by atoms with E-state index in [0.717, 1.165) is 21.7 Å². The van der Waals surface area contributed by atoms with Gasteiger partial charge < -0.3 is 4.72 Å². The number of fused-ring (bicyclic) bond motifs is 1. The summed E-state index contributed by atoms with van der Waals surface area (Å²) in [7, 11) is 1.77. The normalized spacial score (nSPS) is 11.9. The molecule has 0 fully saturated rings. The summed E-state index contributed by atoms with van der Waals surface area (Å²) < 4.78 is 5.09. The van der Waals surface area contributed by atoms with Gasteiger partial charge in [-0.3, -0.25) is 4.68 Å². The molecule has 1 N–H and O–H groups in total. The van der Waals surface area contributed by atoms with E-state index in [0.29, 0.717) is 0 Å². The van der Waals surface area contributed by atoms with Crippen LogP contribution in [0.5, 0.6) is 0 Å². The fourth-order valence-corrected chi connectivity index (χ4v) is 2.51. The lowest BCUT2D eigenvalue weighted by Crippen LogP contribution is -1.93. The van der Waals surface area contributed by atoms with Gasteiger partial charge in [0.15, 0.2) is 5.82 Å². The smallest absolute Gasteiger partial charge is 0.166 e. The molecule has 0 amide bonds. The Morgan fingerprint density at radius 1 is 1.39 bits per heavy atom. The second-order valence-corrected chi connectivity index (χ2v) is 5.68. The molecule has 0 radical (unpaired) electrons. The first-order valence-electron chi connectivity index (χ1n) is 5.85. The van der Waals surface area contributed by atoms with Crippen molar-refractivity contribution >= 4 is 44.9 Å². The molecule has 1 heterocycles. The summed E-state index contributed by atoms with van der Waals surface area (Å²) in [4.78, 5) is 0. The van der Waals surface area contributed by atoms with E-state index in [-0.39, 0.29) is 10.7 Å². The number of nitrogens with one attached hydrogen (secondary N) is 1. The zero-order valence-electron chi connectivity index (χ0n) is 11.5. The zero-order valence-corrected chi connectivity index (χ0v) is 13.1. The second kappa shape index (κ2) is 6.25. The Balaban J connectivity index is 0.000000771. The van der Waals surface area contributed by atoms with E-state index in [4.69, 9.17) is 11.6 Å². The third kappa shape index (κ3) is 2.87. The highest BCUT2D eigenvalue weighted by molar-refractivity contribution is 8.14. The molecule has 0 saturated heterocycles. The molecule has 0 aliphatic heterocycles. The Hall–Kier alpha value is -1.00. The first-order valence-corrected chi connectivity index (χ1v) is 8.03. The standard InChI is InChI=1S/C11H14ClN3S.C2H6/c1-7-5-6-8(12)9-10(7)15(2)13-11(9)14-16(3)4;1-2/h5-6H,3H2,1-2,4H3,(H,13,14);1-2H3. The number of aromatic nitrogens is 2. The molecule has 5 heteroatoms. The van der Waals surface area contributed by atoms with Gasteiger partial charge in [-0.25, -0.2) is 0 Å². The van der Waals surface area contributed by atoms with Crippen molar-refractivity contribution in [2.24, 2.45) is 7.05 Å². The SMILES string of the molecule is C=S(C)Nc1nn(C)c2c(C)ccc(Cl)c12.CC. The van der Waals surface area contributed by atoms with Crippen molar-refractivity contribution in [2.45, 2.75) is 20.8 Å². The van der Waals surface area contributed by atoms with E-state index in [2.05, 4.69) is 22.6 Å². The highest BCUT2D eigenvalue weighted by Gasteiger charge is 2.13. The molecule has 1 aromatic heterocycles. The second-order valence-electron chi connectivity index (χ2n) is 3.80. The summed E-state index contributed by atoms with van der Waals surface area (Å²) in [6.07, 6.45) is 2.00. The number of halogens is 1. The molecule has 1 unspecified atom stereocenters. The molecule has 3 nitrogen and oxygen atoms in total. The fourth-order valence-electron chi connectivity index (χ4n) is 1.80. The molecular weight excluding hydrogens is 266 g/mol. The molecule has 1 aromatic carbocycles. The van der Waals surface area contributed by atoms with Crippen LogP contribution in [0, 0.1) is 6.92 Å². The lowest BCUT2D eigenvalue weighted by molar-refractivity contribution is 0.800. The maximum atomic E-state index is 6.22. The third-order valence-electron chi connectivity index (χ3n) is 2.41. The van der Waals surface area contributed by atoms with Crippen LogP contribution in [0.4, 0.5) is 5.82 Å². The van der Waals surface area contributed by atoms with Gasteiger partial charge in [-0.1, -0.05) is 37.4 Å². The summed E-state index contributed by atoms with van der Waals surface area (Å²) in [5.74, 6) is 4.74. The fraction of sp³-hybridized carbons (Fsp3) is 0.385. The Morgan fingerprint density at radius 2 is 2.00 bits per heavy atom. The van der Waals surface area contributed by atoms with E-state index in [1.54, 1.807) is 0 Å². The van der Waals surface area contributed by atoms with Gasteiger partial charge in [-0.05, 0) is 24.8 Å². The van der Waals surface area contributed by atoms with Crippen LogP contribution >= 0.6 is 22.3 Å². The van der Waals surface area contributed by atoms with Crippen molar-refractivity contribution in [3.63, 3.8) is 0 Å². The molecule has 0 saturated carbocycles. The average molecular weight is 286 g/mol. The minimum atomic E-state index is -0.159. The Bertz CT molecular complexity index is 575. The van der Waals surface area contributed by atoms with Crippen LogP contribution in [0.3, 0.4) is 0 Å². The Kier molecular flexibility index (Phi) is 5.23. The number of anilines is 1. The van der Waals surface area contributed by atoms with Crippen LogP contribution in [-0.2, 0) is 7.05 Å². The van der Waals surface area contributed by atoms with Gasteiger partial charge in [-0.2, -0.15) is 5.10 Å². The van der Waals surface area contributed by atoms with Gasteiger partial charge in [0, 0.05) is 7.05 Å². The molecule has 2 aromatic rings. The van der Waals surface area contributed by atoms with E-state index in [1.165, 1.54) is 5.56 Å². The Labute approximate surface area is 116 Å².